The Morgan fingerprint density at radius 1 is 1.06 bits per heavy atom. The summed E-state index contributed by atoms with van der Waals surface area (Å²) in [5.41, 5.74) is 5.11. The third-order valence-corrected chi connectivity index (χ3v) is 6.96. The second kappa shape index (κ2) is 9.70. The van der Waals surface area contributed by atoms with Gasteiger partial charge in [0.15, 0.2) is 0 Å². The predicted molar refractivity (Wildman–Crippen MR) is 138 cm³/mol. The van der Waals surface area contributed by atoms with Gasteiger partial charge in [-0.2, -0.15) is 0 Å². The number of anilines is 1. The highest BCUT2D eigenvalue weighted by Crippen LogP contribution is 2.34. The van der Waals surface area contributed by atoms with Crippen LogP contribution in [-0.4, -0.2) is 33.1 Å². The van der Waals surface area contributed by atoms with Crippen molar-refractivity contribution in [2.45, 2.75) is 20.8 Å². The molecule has 3 aromatic rings. The fourth-order valence-electron chi connectivity index (χ4n) is 3.80. The van der Waals surface area contributed by atoms with Crippen LogP contribution in [0.25, 0.3) is 11.8 Å². The Morgan fingerprint density at radius 2 is 1.79 bits per heavy atom. The molecule has 4 rings (SSSR count). The lowest BCUT2D eigenvalue weighted by atomic mass is 10.2. The Bertz CT molecular complexity index is 1360. The minimum atomic E-state index is -0.508. The van der Waals surface area contributed by atoms with Crippen LogP contribution in [0.5, 0.6) is 0 Å². The number of nitrogens with zero attached hydrogens (tertiary/aromatic N) is 2. The van der Waals surface area contributed by atoms with Crippen LogP contribution in [0.1, 0.15) is 22.5 Å². The van der Waals surface area contributed by atoms with Gasteiger partial charge >= 0.3 is 0 Å². The second-order valence-electron chi connectivity index (χ2n) is 7.89. The van der Waals surface area contributed by atoms with Gasteiger partial charge in [0.25, 0.3) is 11.1 Å². The first-order valence-corrected chi connectivity index (χ1v) is 12.0. The minimum absolute atomic E-state index is 0.263. The lowest BCUT2D eigenvalue weighted by Gasteiger charge is -2.13. The topological polar surface area (TPSA) is 71.4 Å². The molecule has 1 aliphatic rings. The van der Waals surface area contributed by atoms with Crippen LogP contribution in [0.4, 0.5) is 10.5 Å². The molecule has 1 N–H and O–H groups in total. The van der Waals surface area contributed by atoms with E-state index in [1.54, 1.807) is 30.3 Å². The molecule has 1 aromatic heterocycles. The van der Waals surface area contributed by atoms with E-state index in [4.69, 9.17) is 23.2 Å². The zero-order valence-electron chi connectivity index (χ0n) is 18.7. The van der Waals surface area contributed by atoms with Crippen molar-refractivity contribution in [3.05, 3.63) is 86.0 Å². The van der Waals surface area contributed by atoms with Gasteiger partial charge in [-0.05, 0) is 80.1 Å². The van der Waals surface area contributed by atoms with E-state index in [-0.39, 0.29) is 4.91 Å². The Labute approximate surface area is 211 Å². The number of carbonyl (C=O) groups excluding carboxylic acids is 3. The molecule has 0 spiro atoms. The fourth-order valence-corrected chi connectivity index (χ4v) is 4.98. The van der Waals surface area contributed by atoms with Crippen molar-refractivity contribution in [2.24, 2.45) is 0 Å². The van der Waals surface area contributed by atoms with Crippen LogP contribution in [0.2, 0.25) is 10.0 Å². The Hall–Kier alpha value is -3.00. The van der Waals surface area contributed by atoms with Crippen molar-refractivity contribution in [3.8, 4) is 5.69 Å². The van der Waals surface area contributed by atoms with E-state index in [1.165, 1.54) is 0 Å². The number of aryl methyl sites for hydroxylation is 2. The maximum absolute atomic E-state index is 12.9. The number of thioether (sulfide) groups is 1. The molecule has 0 radical (unpaired) electrons. The van der Waals surface area contributed by atoms with Gasteiger partial charge in [0.2, 0.25) is 5.91 Å². The van der Waals surface area contributed by atoms with Gasteiger partial charge in [-0.15, -0.1) is 0 Å². The maximum Gasteiger partial charge on any atom is 0.294 e. The van der Waals surface area contributed by atoms with Crippen LogP contribution in [-0.2, 0) is 9.59 Å². The minimum Gasteiger partial charge on any atom is -0.323 e. The Kier molecular flexibility index (Phi) is 6.89. The van der Waals surface area contributed by atoms with Crippen LogP contribution in [0.15, 0.2) is 53.4 Å². The number of hydrogen-bond donors (Lipinski definition) is 1. The number of halogens is 2. The standard InChI is InChI=1S/C25H21Cl2N3O3S/c1-14-8-9-18(26)12-21(14)30-15(2)10-17(16(30)3)11-22-24(32)29(25(33)34-22)13-23(31)28-20-7-5-4-6-19(20)27/h4-12H,13H2,1-3H3,(H,28,31)/b22-11+. The van der Waals surface area contributed by atoms with Crippen LogP contribution in [0.3, 0.4) is 0 Å². The highest BCUT2D eigenvalue weighted by Gasteiger charge is 2.36. The highest BCUT2D eigenvalue weighted by atomic mass is 35.5. The monoisotopic (exact) mass is 513 g/mol. The van der Waals surface area contributed by atoms with Gasteiger partial charge in [-0.1, -0.05) is 41.4 Å². The molecular formula is C25H21Cl2N3O3S. The van der Waals surface area contributed by atoms with Gasteiger partial charge in [-0.25, -0.2) is 0 Å². The first-order chi connectivity index (χ1) is 16.2. The molecule has 3 amide bonds. The average molecular weight is 514 g/mol. The van der Waals surface area contributed by atoms with E-state index < -0.39 is 23.6 Å². The van der Waals surface area contributed by atoms with Gasteiger partial charge in [-0.3, -0.25) is 19.3 Å². The van der Waals surface area contributed by atoms with Crippen LogP contribution < -0.4 is 5.32 Å². The summed E-state index contributed by atoms with van der Waals surface area (Å²) in [6, 6.07) is 14.4. The number of imide groups is 1. The molecule has 1 aliphatic heterocycles. The lowest BCUT2D eigenvalue weighted by Crippen LogP contribution is -2.36. The van der Waals surface area contributed by atoms with Gasteiger partial charge in [0.05, 0.1) is 15.6 Å². The summed E-state index contributed by atoms with van der Waals surface area (Å²) in [5, 5.41) is 3.14. The normalized spacial score (nSPS) is 14.9. The second-order valence-corrected chi connectivity index (χ2v) is 9.73. The summed E-state index contributed by atoms with van der Waals surface area (Å²) < 4.78 is 2.06. The van der Waals surface area contributed by atoms with E-state index in [0.29, 0.717) is 15.7 Å². The van der Waals surface area contributed by atoms with E-state index in [1.807, 2.05) is 45.0 Å². The Morgan fingerprint density at radius 3 is 2.53 bits per heavy atom. The van der Waals surface area contributed by atoms with E-state index in [0.717, 1.165) is 44.9 Å². The zero-order chi connectivity index (χ0) is 24.6. The molecule has 2 heterocycles. The van der Waals surface area contributed by atoms with Crippen LogP contribution in [0, 0.1) is 20.8 Å². The molecule has 0 aliphatic carbocycles. The molecule has 9 heteroatoms. The number of benzene rings is 2. The summed E-state index contributed by atoms with van der Waals surface area (Å²) in [7, 11) is 0. The number of nitrogens with one attached hydrogen (secondary N) is 1. The summed E-state index contributed by atoms with van der Waals surface area (Å²) >= 11 is 13.1. The molecule has 6 nitrogen and oxygen atoms in total. The number of aromatic nitrogens is 1. The average Bonchev–Trinajstić information content (AvgIpc) is 3.21. The van der Waals surface area contributed by atoms with E-state index >= 15 is 0 Å². The van der Waals surface area contributed by atoms with Crippen molar-refractivity contribution in [1.29, 1.82) is 0 Å². The molecule has 1 fully saturated rings. The number of amides is 3. The third-order valence-electron chi connectivity index (χ3n) is 5.49. The number of carbonyl (C=O) groups is 3. The first-order valence-electron chi connectivity index (χ1n) is 10.4. The molecule has 0 bridgehead atoms. The van der Waals surface area contributed by atoms with Crippen molar-refractivity contribution in [2.75, 3.05) is 11.9 Å². The van der Waals surface area contributed by atoms with Gasteiger partial charge in [0.1, 0.15) is 6.54 Å². The molecule has 34 heavy (non-hydrogen) atoms. The number of para-hydroxylation sites is 1. The van der Waals surface area contributed by atoms with Crippen molar-refractivity contribution in [3.63, 3.8) is 0 Å². The van der Waals surface area contributed by atoms with Crippen LogP contribution >= 0.6 is 35.0 Å². The molecule has 0 atom stereocenters. The van der Waals surface area contributed by atoms with Crippen molar-refractivity contribution < 1.29 is 14.4 Å². The summed E-state index contributed by atoms with van der Waals surface area (Å²) in [6.07, 6.45) is 1.69. The smallest absolute Gasteiger partial charge is 0.294 e. The quantitative estimate of drug-likeness (QED) is 0.401. The SMILES string of the molecule is Cc1ccc(Cl)cc1-n1c(C)cc(/C=C2/SC(=O)N(CC(=O)Nc3ccccc3Cl)C2=O)c1C. The lowest BCUT2D eigenvalue weighted by molar-refractivity contribution is -0.127. The maximum atomic E-state index is 12.9. The largest absolute Gasteiger partial charge is 0.323 e. The van der Waals surface area contributed by atoms with Crippen molar-refractivity contribution in [1.82, 2.24) is 9.47 Å². The molecular weight excluding hydrogens is 493 g/mol. The van der Waals surface area contributed by atoms with E-state index in [2.05, 4.69) is 9.88 Å². The molecule has 0 unspecified atom stereocenters. The molecule has 1 saturated heterocycles. The Balaban J connectivity index is 1.56. The summed E-state index contributed by atoms with van der Waals surface area (Å²) in [4.78, 5) is 39.1. The number of rotatable bonds is 5. The number of hydrogen-bond acceptors (Lipinski definition) is 4. The molecule has 0 saturated carbocycles. The van der Waals surface area contributed by atoms with Crippen molar-refractivity contribution >= 4 is 63.8 Å². The molecule has 2 aromatic carbocycles. The summed E-state index contributed by atoms with van der Waals surface area (Å²) in [6.45, 7) is 5.52. The highest BCUT2D eigenvalue weighted by molar-refractivity contribution is 8.18. The van der Waals surface area contributed by atoms with Gasteiger partial charge < -0.3 is 9.88 Å². The zero-order valence-corrected chi connectivity index (χ0v) is 21.0. The third kappa shape index (κ3) is 4.78. The predicted octanol–water partition coefficient (Wildman–Crippen LogP) is 6.38. The molecule has 174 valence electrons. The fraction of sp³-hybridized carbons (Fsp3) is 0.160. The summed E-state index contributed by atoms with van der Waals surface area (Å²) in [5.74, 6) is -1.01. The first kappa shape index (κ1) is 24.1. The van der Waals surface area contributed by atoms with Gasteiger partial charge in [0, 0.05) is 22.1 Å². The van der Waals surface area contributed by atoms with E-state index in [9.17, 15) is 14.4 Å².